The van der Waals surface area contributed by atoms with E-state index in [1.165, 1.54) is 4.90 Å². The number of hydrogen-bond donors (Lipinski definition) is 0. The Morgan fingerprint density at radius 3 is 2.53 bits per heavy atom. The molecular weight excluding hydrogens is 240 g/mol. The third kappa shape index (κ3) is 2.34. The van der Waals surface area contributed by atoms with Crippen LogP contribution in [0.2, 0.25) is 0 Å². The zero-order valence-corrected chi connectivity index (χ0v) is 10.5. The summed E-state index contributed by atoms with van der Waals surface area (Å²) in [6.45, 7) is 0.434. The summed E-state index contributed by atoms with van der Waals surface area (Å²) < 4.78 is 0. The van der Waals surface area contributed by atoms with Crippen molar-refractivity contribution in [3.63, 3.8) is 0 Å². The fraction of sp³-hybridized carbons (Fsp3) is 0.267. The maximum absolute atomic E-state index is 11.5. The Bertz CT molecular complexity index is 635. The van der Waals surface area contributed by atoms with Gasteiger partial charge in [-0.05, 0) is 12.1 Å². The molecule has 1 saturated heterocycles. The van der Waals surface area contributed by atoms with Crippen molar-refractivity contribution in [3.05, 3.63) is 42.1 Å². The Hall–Kier alpha value is -2.23. The van der Waals surface area contributed by atoms with Gasteiger partial charge in [0.25, 0.3) is 0 Å². The summed E-state index contributed by atoms with van der Waals surface area (Å²) in [5.41, 5.74) is 1.85. The predicted molar refractivity (Wildman–Crippen MR) is 71.4 cm³/mol. The molecule has 4 nitrogen and oxygen atoms in total. The standard InChI is InChI=1S/C15H14N2O2/c18-14-7-8-15(19)17(14)10-9-12-6-5-11-3-1-2-4-13(11)16-12/h1-6H,7-10H2. The van der Waals surface area contributed by atoms with Crippen LogP contribution in [-0.2, 0) is 16.0 Å². The Morgan fingerprint density at radius 2 is 1.74 bits per heavy atom. The second-order valence-electron chi connectivity index (χ2n) is 4.68. The lowest BCUT2D eigenvalue weighted by molar-refractivity contribution is -0.138. The molecule has 96 valence electrons. The molecule has 2 aromatic rings. The monoisotopic (exact) mass is 254 g/mol. The topological polar surface area (TPSA) is 50.3 Å². The number of likely N-dealkylation sites (tertiary alicyclic amines) is 1. The summed E-state index contributed by atoms with van der Waals surface area (Å²) >= 11 is 0. The highest BCUT2D eigenvalue weighted by Gasteiger charge is 2.28. The van der Waals surface area contributed by atoms with Crippen molar-refractivity contribution in [1.82, 2.24) is 9.88 Å². The van der Waals surface area contributed by atoms with Crippen LogP contribution in [-0.4, -0.2) is 28.2 Å². The number of rotatable bonds is 3. The number of fused-ring (bicyclic) bond motifs is 1. The Kier molecular flexibility index (Phi) is 2.99. The fourth-order valence-electron chi connectivity index (χ4n) is 2.35. The van der Waals surface area contributed by atoms with Crippen LogP contribution in [0.1, 0.15) is 18.5 Å². The van der Waals surface area contributed by atoms with Crippen molar-refractivity contribution in [2.75, 3.05) is 6.54 Å². The molecule has 4 heteroatoms. The van der Waals surface area contributed by atoms with E-state index in [1.54, 1.807) is 0 Å². The number of nitrogens with zero attached hydrogens (tertiary/aromatic N) is 2. The van der Waals surface area contributed by atoms with Crippen LogP contribution in [0.4, 0.5) is 0 Å². The number of imide groups is 1. The van der Waals surface area contributed by atoms with E-state index < -0.39 is 0 Å². The molecule has 0 radical (unpaired) electrons. The van der Waals surface area contributed by atoms with Crippen LogP contribution in [0.15, 0.2) is 36.4 Å². The van der Waals surface area contributed by atoms with Gasteiger partial charge in [0.15, 0.2) is 0 Å². The third-order valence-corrected chi connectivity index (χ3v) is 3.40. The average molecular weight is 254 g/mol. The maximum atomic E-state index is 11.5. The molecule has 2 heterocycles. The SMILES string of the molecule is O=C1CCC(=O)N1CCc1ccc2ccccc2n1. The van der Waals surface area contributed by atoms with Gasteiger partial charge in [-0.1, -0.05) is 24.3 Å². The van der Waals surface area contributed by atoms with Gasteiger partial charge in [0, 0.05) is 36.9 Å². The molecule has 19 heavy (non-hydrogen) atoms. The highest BCUT2D eigenvalue weighted by Crippen LogP contribution is 2.15. The second kappa shape index (κ2) is 4.80. The Balaban J connectivity index is 1.75. The van der Waals surface area contributed by atoms with Gasteiger partial charge in [-0.25, -0.2) is 0 Å². The smallest absolute Gasteiger partial charge is 0.229 e. The quantitative estimate of drug-likeness (QED) is 0.786. The van der Waals surface area contributed by atoms with Crippen LogP contribution in [0.5, 0.6) is 0 Å². The summed E-state index contributed by atoms with van der Waals surface area (Å²) in [6, 6.07) is 11.9. The molecule has 2 amide bonds. The summed E-state index contributed by atoms with van der Waals surface area (Å²) in [5, 5.41) is 1.10. The van der Waals surface area contributed by atoms with Gasteiger partial charge in [-0.3, -0.25) is 19.5 Å². The van der Waals surface area contributed by atoms with E-state index in [9.17, 15) is 9.59 Å². The minimum absolute atomic E-state index is 0.0641. The lowest BCUT2D eigenvalue weighted by Gasteiger charge is -2.13. The van der Waals surface area contributed by atoms with Crippen LogP contribution < -0.4 is 0 Å². The summed E-state index contributed by atoms with van der Waals surface area (Å²) in [7, 11) is 0. The number of pyridine rings is 1. The molecule has 0 aliphatic carbocycles. The van der Waals surface area contributed by atoms with E-state index >= 15 is 0 Å². The highest BCUT2D eigenvalue weighted by molar-refractivity contribution is 6.01. The van der Waals surface area contributed by atoms with Crippen LogP contribution in [0.25, 0.3) is 10.9 Å². The number of carbonyl (C=O) groups excluding carboxylic acids is 2. The zero-order chi connectivity index (χ0) is 13.2. The van der Waals surface area contributed by atoms with Crippen molar-refractivity contribution in [3.8, 4) is 0 Å². The van der Waals surface area contributed by atoms with E-state index in [0.29, 0.717) is 25.8 Å². The van der Waals surface area contributed by atoms with Crippen molar-refractivity contribution < 1.29 is 9.59 Å². The predicted octanol–water partition coefficient (Wildman–Crippen LogP) is 1.93. The van der Waals surface area contributed by atoms with Crippen molar-refractivity contribution >= 4 is 22.7 Å². The highest BCUT2D eigenvalue weighted by atomic mass is 16.2. The molecule has 1 aliphatic heterocycles. The molecule has 0 N–H and O–H groups in total. The minimum Gasteiger partial charge on any atom is -0.282 e. The lowest BCUT2D eigenvalue weighted by Crippen LogP contribution is -2.31. The van der Waals surface area contributed by atoms with Crippen LogP contribution in [0.3, 0.4) is 0 Å². The van der Waals surface area contributed by atoms with E-state index in [2.05, 4.69) is 4.98 Å². The third-order valence-electron chi connectivity index (χ3n) is 3.40. The summed E-state index contributed by atoms with van der Waals surface area (Å²) in [4.78, 5) is 28.9. The number of para-hydroxylation sites is 1. The Morgan fingerprint density at radius 1 is 1.00 bits per heavy atom. The molecule has 0 spiro atoms. The van der Waals surface area contributed by atoms with Crippen molar-refractivity contribution in [2.24, 2.45) is 0 Å². The maximum Gasteiger partial charge on any atom is 0.229 e. The van der Waals surface area contributed by atoms with Gasteiger partial charge in [0.1, 0.15) is 0 Å². The first-order chi connectivity index (χ1) is 9.24. The number of carbonyl (C=O) groups is 2. The minimum atomic E-state index is -0.0641. The van der Waals surface area contributed by atoms with Gasteiger partial charge in [-0.15, -0.1) is 0 Å². The second-order valence-corrected chi connectivity index (χ2v) is 4.68. The molecule has 0 unspecified atom stereocenters. The number of amides is 2. The van der Waals surface area contributed by atoms with Gasteiger partial charge < -0.3 is 0 Å². The molecule has 3 rings (SSSR count). The molecule has 0 bridgehead atoms. The first kappa shape index (κ1) is 11.8. The number of hydrogen-bond acceptors (Lipinski definition) is 3. The fourth-order valence-corrected chi connectivity index (χ4v) is 2.35. The van der Waals surface area contributed by atoms with Gasteiger partial charge in [0.2, 0.25) is 11.8 Å². The van der Waals surface area contributed by atoms with E-state index in [-0.39, 0.29) is 11.8 Å². The van der Waals surface area contributed by atoms with E-state index in [4.69, 9.17) is 0 Å². The molecule has 0 atom stereocenters. The Labute approximate surface area is 111 Å². The van der Waals surface area contributed by atoms with Crippen LogP contribution >= 0.6 is 0 Å². The first-order valence-corrected chi connectivity index (χ1v) is 6.42. The van der Waals surface area contributed by atoms with Crippen molar-refractivity contribution in [1.29, 1.82) is 0 Å². The van der Waals surface area contributed by atoms with E-state index in [1.807, 2.05) is 36.4 Å². The van der Waals surface area contributed by atoms with E-state index in [0.717, 1.165) is 16.6 Å². The normalized spacial score (nSPS) is 15.5. The van der Waals surface area contributed by atoms with Gasteiger partial charge >= 0.3 is 0 Å². The lowest BCUT2D eigenvalue weighted by atomic mass is 10.2. The average Bonchev–Trinajstić information content (AvgIpc) is 2.76. The molecule has 1 aromatic heterocycles. The number of aromatic nitrogens is 1. The summed E-state index contributed by atoms with van der Waals surface area (Å²) in [6.07, 6.45) is 1.32. The zero-order valence-electron chi connectivity index (χ0n) is 10.5. The number of benzene rings is 1. The van der Waals surface area contributed by atoms with Crippen LogP contribution in [0, 0.1) is 0 Å². The molecule has 1 aromatic carbocycles. The first-order valence-electron chi connectivity index (χ1n) is 6.42. The summed E-state index contributed by atoms with van der Waals surface area (Å²) in [5.74, 6) is -0.128. The van der Waals surface area contributed by atoms with Gasteiger partial charge in [-0.2, -0.15) is 0 Å². The molecule has 1 aliphatic rings. The largest absolute Gasteiger partial charge is 0.282 e. The molecule has 0 saturated carbocycles. The van der Waals surface area contributed by atoms with Gasteiger partial charge in [0.05, 0.1) is 5.52 Å². The van der Waals surface area contributed by atoms with Crippen molar-refractivity contribution in [2.45, 2.75) is 19.3 Å². The molecular formula is C15H14N2O2. The molecule has 1 fully saturated rings.